The molecule has 0 atom stereocenters. The van der Waals surface area contributed by atoms with E-state index in [1.807, 2.05) is 20.8 Å². The zero-order valence-electron chi connectivity index (χ0n) is 8.33. The van der Waals surface area contributed by atoms with Crippen molar-refractivity contribution in [3.63, 3.8) is 0 Å². The van der Waals surface area contributed by atoms with Crippen molar-refractivity contribution in [3.05, 3.63) is 16.6 Å². The average Bonchev–Trinajstić information content (AvgIpc) is 2.32. The van der Waals surface area contributed by atoms with E-state index >= 15 is 0 Å². The molecule has 14 heavy (non-hydrogen) atoms. The van der Waals surface area contributed by atoms with Gasteiger partial charge >= 0.3 is 19.5 Å². The standard InChI is InChI=1S/C8H10NO2S.BrH.Zn/c1-8(2,3)11-7(10)6-4-9-5-12-6;;/h4H,1-3H3;1H;/q-1;;+2/p-1. The normalized spacial score (nSPS) is 9.64. The number of esters is 1. The van der Waals surface area contributed by atoms with Gasteiger partial charge in [-0.1, -0.05) is 0 Å². The summed E-state index contributed by atoms with van der Waals surface area (Å²) in [6, 6.07) is 0. The molecule has 0 saturated heterocycles. The Balaban J connectivity index is 0. The average molecular weight is 330 g/mol. The largest absolute Gasteiger partial charge is 2.00 e. The van der Waals surface area contributed by atoms with Gasteiger partial charge in [-0.25, -0.2) is 0 Å². The molecule has 74 valence electrons. The first-order valence-corrected chi connectivity index (χ1v) is 4.36. The van der Waals surface area contributed by atoms with Gasteiger partial charge < -0.3 is 26.7 Å². The number of aromatic nitrogens is 1. The van der Waals surface area contributed by atoms with Gasteiger partial charge in [-0.15, -0.1) is 6.20 Å². The van der Waals surface area contributed by atoms with Crippen LogP contribution in [0.4, 0.5) is 0 Å². The molecule has 0 aliphatic rings. The fourth-order valence-electron chi connectivity index (χ4n) is 0.610. The fraction of sp³-hybridized carbons (Fsp3) is 0.500. The third kappa shape index (κ3) is 5.83. The summed E-state index contributed by atoms with van der Waals surface area (Å²) in [5.41, 5.74) is 2.14. The van der Waals surface area contributed by atoms with E-state index in [0.717, 1.165) is 11.3 Å². The molecule has 0 aliphatic heterocycles. The number of thiazole rings is 1. The van der Waals surface area contributed by atoms with Gasteiger partial charge in [0.05, 0.1) is 0 Å². The summed E-state index contributed by atoms with van der Waals surface area (Å²) in [6.07, 6.45) is 1.46. The number of rotatable bonds is 1. The topological polar surface area (TPSA) is 39.2 Å². The molecule has 0 aliphatic carbocycles. The second-order valence-corrected chi connectivity index (χ2v) is 4.14. The Bertz CT molecular complexity index is 271. The Morgan fingerprint density at radius 2 is 2.14 bits per heavy atom. The molecule has 0 amide bonds. The monoisotopic (exact) mass is 327 g/mol. The number of hydrogen-bond acceptors (Lipinski definition) is 4. The maximum atomic E-state index is 11.2. The third-order valence-electron chi connectivity index (χ3n) is 0.990. The molecule has 1 rings (SSSR count). The summed E-state index contributed by atoms with van der Waals surface area (Å²) in [5.74, 6) is -0.332. The van der Waals surface area contributed by atoms with E-state index in [1.54, 1.807) is 0 Å². The molecular formula is C8H10BrNO2SZn. The Kier molecular flexibility index (Phi) is 7.89. The third-order valence-corrected chi connectivity index (χ3v) is 1.68. The van der Waals surface area contributed by atoms with Crippen LogP contribution in [0.15, 0.2) is 6.20 Å². The van der Waals surface area contributed by atoms with Crippen LogP contribution in [0.5, 0.6) is 0 Å². The molecule has 1 aromatic heterocycles. The van der Waals surface area contributed by atoms with Crippen LogP contribution in [0.1, 0.15) is 30.4 Å². The van der Waals surface area contributed by atoms with Crippen LogP contribution in [-0.2, 0) is 24.2 Å². The molecule has 0 fully saturated rings. The van der Waals surface area contributed by atoms with Crippen molar-refractivity contribution in [1.29, 1.82) is 0 Å². The molecule has 1 aromatic rings. The number of ether oxygens (including phenoxy) is 1. The van der Waals surface area contributed by atoms with Crippen LogP contribution >= 0.6 is 11.3 Å². The van der Waals surface area contributed by atoms with E-state index in [9.17, 15) is 4.79 Å². The van der Waals surface area contributed by atoms with Gasteiger partial charge in [-0.2, -0.15) is 0 Å². The first kappa shape index (κ1) is 16.6. The molecular weight excluding hydrogens is 319 g/mol. The fourth-order valence-corrected chi connectivity index (χ4v) is 1.04. The quantitative estimate of drug-likeness (QED) is 0.373. The van der Waals surface area contributed by atoms with Crippen molar-refractivity contribution in [1.82, 2.24) is 4.98 Å². The number of hydrogen-bond donors (Lipinski definition) is 0. The minimum absolute atomic E-state index is 0. The van der Waals surface area contributed by atoms with Gasteiger partial charge in [0.2, 0.25) is 0 Å². The van der Waals surface area contributed by atoms with Gasteiger partial charge in [-0.3, -0.25) is 16.1 Å². The van der Waals surface area contributed by atoms with Gasteiger partial charge in [-0.05, 0) is 31.2 Å². The summed E-state index contributed by atoms with van der Waals surface area (Å²) in [5, 5.41) is 0. The first-order valence-electron chi connectivity index (χ1n) is 3.54. The van der Waals surface area contributed by atoms with E-state index in [-0.39, 0.29) is 42.4 Å². The molecule has 0 radical (unpaired) electrons. The molecule has 0 spiro atoms. The summed E-state index contributed by atoms with van der Waals surface area (Å²) in [4.78, 5) is 15.4. The van der Waals surface area contributed by atoms with Crippen LogP contribution in [0.25, 0.3) is 0 Å². The minimum Gasteiger partial charge on any atom is -1.00 e. The van der Waals surface area contributed by atoms with Crippen molar-refractivity contribution in [2.24, 2.45) is 0 Å². The van der Waals surface area contributed by atoms with Crippen LogP contribution in [-0.4, -0.2) is 16.6 Å². The van der Waals surface area contributed by atoms with Crippen LogP contribution < -0.4 is 17.0 Å². The zero-order valence-corrected chi connectivity index (χ0v) is 13.7. The summed E-state index contributed by atoms with van der Waals surface area (Å²) >= 11 is 1.16. The van der Waals surface area contributed by atoms with Crippen LogP contribution in [0.3, 0.4) is 0 Å². The maximum Gasteiger partial charge on any atom is 2.00 e. The van der Waals surface area contributed by atoms with Crippen molar-refractivity contribution in [2.75, 3.05) is 0 Å². The van der Waals surface area contributed by atoms with E-state index in [0.29, 0.717) is 4.88 Å². The number of nitrogens with zero attached hydrogens (tertiary/aromatic N) is 1. The number of halogens is 1. The minimum atomic E-state index is -0.443. The molecule has 0 N–H and O–H groups in total. The molecule has 1 heterocycles. The molecule has 0 bridgehead atoms. The number of carbonyl (C=O) groups is 1. The van der Waals surface area contributed by atoms with Crippen molar-refractivity contribution in [3.8, 4) is 0 Å². The predicted molar refractivity (Wildman–Crippen MR) is 46.1 cm³/mol. The molecule has 0 aromatic carbocycles. The Morgan fingerprint density at radius 1 is 1.57 bits per heavy atom. The first-order chi connectivity index (χ1) is 5.49. The zero-order chi connectivity index (χ0) is 9.19. The SMILES string of the molecule is CC(C)(C)OC(=O)c1cn[c-]s1.[Br-].[Zn+2]. The van der Waals surface area contributed by atoms with Crippen molar-refractivity contribution >= 4 is 17.3 Å². The van der Waals surface area contributed by atoms with Gasteiger partial charge in [0.25, 0.3) is 5.97 Å². The van der Waals surface area contributed by atoms with Crippen molar-refractivity contribution < 1.29 is 46.0 Å². The summed E-state index contributed by atoms with van der Waals surface area (Å²) in [6.45, 7) is 5.49. The molecule has 3 nitrogen and oxygen atoms in total. The number of carbonyl (C=O) groups excluding carboxylic acids is 1. The van der Waals surface area contributed by atoms with Gasteiger partial charge in [0.1, 0.15) is 5.60 Å². The Morgan fingerprint density at radius 3 is 2.50 bits per heavy atom. The Labute approximate surface area is 111 Å². The predicted octanol–water partition coefficient (Wildman–Crippen LogP) is -1.10. The van der Waals surface area contributed by atoms with Crippen LogP contribution in [0, 0.1) is 5.51 Å². The molecule has 0 saturated carbocycles. The van der Waals surface area contributed by atoms with Gasteiger partial charge in [0.15, 0.2) is 0 Å². The summed E-state index contributed by atoms with van der Waals surface area (Å²) in [7, 11) is 0. The maximum absolute atomic E-state index is 11.2. The second kappa shape index (κ2) is 6.64. The van der Waals surface area contributed by atoms with E-state index < -0.39 is 5.60 Å². The van der Waals surface area contributed by atoms with E-state index in [1.165, 1.54) is 6.20 Å². The Hall–Kier alpha value is 0.203. The van der Waals surface area contributed by atoms with E-state index in [4.69, 9.17) is 4.74 Å². The summed E-state index contributed by atoms with van der Waals surface area (Å²) < 4.78 is 5.09. The van der Waals surface area contributed by atoms with Crippen molar-refractivity contribution in [2.45, 2.75) is 26.4 Å². The van der Waals surface area contributed by atoms with Gasteiger partial charge in [0, 0.05) is 0 Å². The molecule has 6 heteroatoms. The second-order valence-electron chi connectivity index (χ2n) is 3.32. The smallest absolute Gasteiger partial charge is 1.00 e. The van der Waals surface area contributed by atoms with E-state index in [2.05, 4.69) is 10.5 Å². The van der Waals surface area contributed by atoms with Crippen LogP contribution in [0.2, 0.25) is 0 Å². The molecule has 0 unspecified atom stereocenters.